The van der Waals surface area contributed by atoms with E-state index in [9.17, 15) is 0 Å². The van der Waals surface area contributed by atoms with E-state index in [4.69, 9.17) is 10.5 Å². The Morgan fingerprint density at radius 3 is 2.56 bits per heavy atom. The second-order valence-electron chi connectivity index (χ2n) is 7.25. The zero-order valence-electron chi connectivity index (χ0n) is 11.9. The van der Waals surface area contributed by atoms with Crippen LogP contribution in [0.15, 0.2) is 0 Å². The number of nitrogens with two attached hydrogens (primary N) is 1. The van der Waals surface area contributed by atoms with Crippen molar-refractivity contribution in [3.63, 3.8) is 0 Å². The van der Waals surface area contributed by atoms with Gasteiger partial charge in [0.2, 0.25) is 0 Å². The molecule has 2 heteroatoms. The number of hydrogen-bond acceptors (Lipinski definition) is 2. The molecule has 2 N–H and O–H groups in total. The van der Waals surface area contributed by atoms with Gasteiger partial charge in [0.1, 0.15) is 0 Å². The van der Waals surface area contributed by atoms with E-state index >= 15 is 0 Å². The van der Waals surface area contributed by atoms with E-state index in [1.54, 1.807) is 0 Å². The molecule has 18 heavy (non-hydrogen) atoms. The molecule has 0 bridgehead atoms. The SMILES string of the molecule is CCC1CCC(N)(CC2CCC3(CCCC3)O2)C1. The second kappa shape index (κ2) is 4.79. The monoisotopic (exact) mass is 251 g/mol. The molecule has 3 unspecified atom stereocenters. The molecule has 1 aliphatic heterocycles. The quantitative estimate of drug-likeness (QED) is 0.828. The molecule has 3 fully saturated rings. The zero-order chi connectivity index (χ0) is 12.6. The molecule has 0 aromatic carbocycles. The maximum atomic E-state index is 6.61. The maximum absolute atomic E-state index is 6.61. The van der Waals surface area contributed by atoms with Crippen molar-refractivity contribution in [1.29, 1.82) is 0 Å². The fourth-order valence-electron chi connectivity index (χ4n) is 4.68. The second-order valence-corrected chi connectivity index (χ2v) is 7.25. The lowest BCUT2D eigenvalue weighted by molar-refractivity contribution is -0.0460. The van der Waals surface area contributed by atoms with Gasteiger partial charge in [-0.25, -0.2) is 0 Å². The summed E-state index contributed by atoms with van der Waals surface area (Å²) in [6.07, 6.45) is 14.6. The predicted octanol–water partition coefficient (Wildman–Crippen LogP) is 3.78. The van der Waals surface area contributed by atoms with Gasteiger partial charge in [-0.1, -0.05) is 26.2 Å². The molecule has 0 aromatic rings. The lowest BCUT2D eigenvalue weighted by Gasteiger charge is -2.30. The summed E-state index contributed by atoms with van der Waals surface area (Å²) in [5, 5.41) is 0. The highest BCUT2D eigenvalue weighted by Crippen LogP contribution is 2.46. The van der Waals surface area contributed by atoms with Gasteiger partial charge in [-0.05, 0) is 57.3 Å². The molecule has 3 rings (SSSR count). The van der Waals surface area contributed by atoms with Gasteiger partial charge in [-0.3, -0.25) is 0 Å². The summed E-state index contributed by atoms with van der Waals surface area (Å²) in [5.41, 5.74) is 6.99. The highest BCUT2D eigenvalue weighted by atomic mass is 16.5. The highest BCUT2D eigenvalue weighted by Gasteiger charge is 2.45. The van der Waals surface area contributed by atoms with Crippen LogP contribution in [0.2, 0.25) is 0 Å². The number of hydrogen-bond donors (Lipinski definition) is 1. The Morgan fingerprint density at radius 2 is 1.89 bits per heavy atom. The summed E-state index contributed by atoms with van der Waals surface area (Å²) in [6.45, 7) is 2.30. The lowest BCUT2D eigenvalue weighted by Crippen LogP contribution is -2.41. The number of rotatable bonds is 3. The van der Waals surface area contributed by atoms with Crippen molar-refractivity contribution in [2.75, 3.05) is 0 Å². The summed E-state index contributed by atoms with van der Waals surface area (Å²) in [4.78, 5) is 0. The Hall–Kier alpha value is -0.0800. The van der Waals surface area contributed by atoms with Crippen LogP contribution in [0.5, 0.6) is 0 Å². The smallest absolute Gasteiger partial charge is 0.0687 e. The molecule has 3 atom stereocenters. The molecule has 2 nitrogen and oxygen atoms in total. The van der Waals surface area contributed by atoms with E-state index in [-0.39, 0.29) is 11.1 Å². The molecular weight excluding hydrogens is 222 g/mol. The van der Waals surface area contributed by atoms with E-state index in [0.717, 1.165) is 12.3 Å². The van der Waals surface area contributed by atoms with Gasteiger partial charge >= 0.3 is 0 Å². The minimum atomic E-state index is 0.0927. The Balaban J connectivity index is 1.55. The first-order valence-electron chi connectivity index (χ1n) is 8.10. The van der Waals surface area contributed by atoms with Gasteiger partial charge in [-0.2, -0.15) is 0 Å². The summed E-state index contributed by atoms with van der Waals surface area (Å²) in [5.74, 6) is 0.872. The van der Waals surface area contributed by atoms with E-state index in [2.05, 4.69) is 6.92 Å². The fourth-order valence-corrected chi connectivity index (χ4v) is 4.68. The van der Waals surface area contributed by atoms with Gasteiger partial charge in [-0.15, -0.1) is 0 Å². The molecule has 1 heterocycles. The standard InChI is InChI=1S/C16H29NO/c1-2-13-5-9-15(17,11-13)12-14-6-10-16(18-14)7-3-4-8-16/h13-14H,2-12,17H2,1H3. The van der Waals surface area contributed by atoms with Crippen molar-refractivity contribution >= 4 is 0 Å². The maximum Gasteiger partial charge on any atom is 0.0687 e. The summed E-state index contributed by atoms with van der Waals surface area (Å²) in [6, 6.07) is 0. The average molecular weight is 251 g/mol. The summed E-state index contributed by atoms with van der Waals surface area (Å²) >= 11 is 0. The molecule has 0 amide bonds. The normalized spacial score (nSPS) is 43.0. The third-order valence-corrected chi connectivity index (χ3v) is 5.81. The van der Waals surface area contributed by atoms with Crippen LogP contribution < -0.4 is 5.73 Å². The van der Waals surface area contributed by atoms with Crippen LogP contribution in [-0.2, 0) is 4.74 Å². The average Bonchev–Trinajstić information content (AvgIpc) is 3.03. The summed E-state index contributed by atoms with van der Waals surface area (Å²) < 4.78 is 6.43. The first kappa shape index (κ1) is 12.9. The van der Waals surface area contributed by atoms with Crippen molar-refractivity contribution in [1.82, 2.24) is 0 Å². The van der Waals surface area contributed by atoms with E-state index < -0.39 is 0 Å². The first-order chi connectivity index (χ1) is 8.63. The Labute approximate surface area is 112 Å². The fraction of sp³-hybridized carbons (Fsp3) is 1.00. The van der Waals surface area contributed by atoms with Crippen molar-refractivity contribution in [3.8, 4) is 0 Å². The minimum Gasteiger partial charge on any atom is -0.372 e. The Bertz CT molecular complexity index is 297. The lowest BCUT2D eigenvalue weighted by atomic mass is 9.88. The first-order valence-corrected chi connectivity index (χ1v) is 8.10. The van der Waals surface area contributed by atoms with Crippen LogP contribution >= 0.6 is 0 Å². The summed E-state index contributed by atoms with van der Waals surface area (Å²) in [7, 11) is 0. The molecule has 3 aliphatic rings. The topological polar surface area (TPSA) is 35.2 Å². The predicted molar refractivity (Wildman–Crippen MR) is 74.5 cm³/mol. The van der Waals surface area contributed by atoms with Crippen LogP contribution in [0.3, 0.4) is 0 Å². The van der Waals surface area contributed by atoms with Crippen molar-refractivity contribution in [2.24, 2.45) is 11.7 Å². The van der Waals surface area contributed by atoms with Crippen molar-refractivity contribution < 1.29 is 4.74 Å². The van der Waals surface area contributed by atoms with E-state index in [1.165, 1.54) is 64.2 Å². The molecule has 2 saturated carbocycles. The van der Waals surface area contributed by atoms with Gasteiger partial charge in [0.25, 0.3) is 0 Å². The highest BCUT2D eigenvalue weighted by molar-refractivity contribution is 4.99. The van der Waals surface area contributed by atoms with Crippen LogP contribution in [0, 0.1) is 5.92 Å². The Morgan fingerprint density at radius 1 is 1.11 bits per heavy atom. The largest absolute Gasteiger partial charge is 0.372 e. The molecule has 1 saturated heterocycles. The van der Waals surface area contributed by atoms with Gasteiger partial charge in [0.15, 0.2) is 0 Å². The zero-order valence-corrected chi connectivity index (χ0v) is 11.9. The minimum absolute atomic E-state index is 0.0927. The van der Waals surface area contributed by atoms with E-state index in [1.807, 2.05) is 0 Å². The van der Waals surface area contributed by atoms with Gasteiger partial charge < -0.3 is 10.5 Å². The third kappa shape index (κ3) is 2.46. The van der Waals surface area contributed by atoms with Crippen molar-refractivity contribution in [3.05, 3.63) is 0 Å². The van der Waals surface area contributed by atoms with Gasteiger partial charge in [0, 0.05) is 5.54 Å². The van der Waals surface area contributed by atoms with Crippen LogP contribution in [-0.4, -0.2) is 17.2 Å². The van der Waals surface area contributed by atoms with Crippen molar-refractivity contribution in [2.45, 2.75) is 94.8 Å². The Kier molecular flexibility index (Phi) is 3.44. The molecule has 0 aromatic heterocycles. The molecule has 1 spiro atoms. The molecule has 2 aliphatic carbocycles. The molecule has 0 radical (unpaired) electrons. The third-order valence-electron chi connectivity index (χ3n) is 5.81. The van der Waals surface area contributed by atoms with Crippen LogP contribution in [0.25, 0.3) is 0 Å². The molecule has 104 valence electrons. The van der Waals surface area contributed by atoms with Gasteiger partial charge in [0.05, 0.1) is 11.7 Å². The van der Waals surface area contributed by atoms with E-state index in [0.29, 0.717) is 6.10 Å². The number of ether oxygens (including phenoxy) is 1. The van der Waals surface area contributed by atoms with Crippen LogP contribution in [0.1, 0.15) is 77.6 Å². The molecular formula is C16H29NO. The van der Waals surface area contributed by atoms with Crippen LogP contribution in [0.4, 0.5) is 0 Å².